The molecule has 112 valence electrons. The summed E-state index contributed by atoms with van der Waals surface area (Å²) in [6.07, 6.45) is 0.219. The van der Waals surface area contributed by atoms with E-state index in [0.29, 0.717) is 37.7 Å². The smallest absolute Gasteiger partial charge is 0.251 e. The molecule has 2 aliphatic heterocycles. The molecule has 1 aromatic rings. The number of nitrogens with zero attached hydrogens (tertiary/aromatic N) is 2. The fraction of sp³-hybridized carbons (Fsp3) is 0.467. The lowest BCUT2D eigenvalue weighted by Gasteiger charge is -2.30. The third kappa shape index (κ3) is 2.52. The van der Waals surface area contributed by atoms with Crippen LogP contribution in [0.15, 0.2) is 24.3 Å². The van der Waals surface area contributed by atoms with Gasteiger partial charge in [-0.3, -0.25) is 14.5 Å². The van der Waals surface area contributed by atoms with E-state index in [4.69, 9.17) is 9.47 Å². The molecule has 0 aromatic heterocycles. The zero-order valence-electron chi connectivity index (χ0n) is 11.9. The molecule has 0 unspecified atom stereocenters. The van der Waals surface area contributed by atoms with E-state index >= 15 is 0 Å². The van der Waals surface area contributed by atoms with Crippen molar-refractivity contribution < 1.29 is 19.1 Å². The summed E-state index contributed by atoms with van der Waals surface area (Å²) in [5.74, 6) is 0.175. The standard InChI is InChI=1S/C15H18N2O4/c1-20-13-5-3-2-4-11(13)17-14(18)10-12(15(17)19)16-6-8-21-9-7-16/h2-5,12H,6-10H2,1H3/t12-/m0/s1. The number of imide groups is 1. The van der Waals surface area contributed by atoms with Crippen molar-refractivity contribution in [3.8, 4) is 5.75 Å². The molecule has 0 spiro atoms. The zero-order valence-corrected chi connectivity index (χ0v) is 11.9. The summed E-state index contributed by atoms with van der Waals surface area (Å²) in [6, 6.07) is 6.70. The monoisotopic (exact) mass is 290 g/mol. The van der Waals surface area contributed by atoms with Gasteiger partial charge in [-0.15, -0.1) is 0 Å². The van der Waals surface area contributed by atoms with E-state index in [2.05, 4.69) is 0 Å². The largest absolute Gasteiger partial charge is 0.495 e. The molecule has 0 aliphatic carbocycles. The van der Waals surface area contributed by atoms with Crippen LogP contribution in [0.4, 0.5) is 5.69 Å². The Hall–Kier alpha value is -1.92. The van der Waals surface area contributed by atoms with Crippen molar-refractivity contribution in [3.05, 3.63) is 24.3 Å². The Balaban J connectivity index is 1.86. The summed E-state index contributed by atoms with van der Waals surface area (Å²) in [5, 5.41) is 0. The maximum atomic E-state index is 12.7. The van der Waals surface area contributed by atoms with Crippen LogP contribution in [0.1, 0.15) is 6.42 Å². The van der Waals surface area contributed by atoms with Gasteiger partial charge in [-0.05, 0) is 12.1 Å². The van der Waals surface area contributed by atoms with Gasteiger partial charge in [0.15, 0.2) is 0 Å². The van der Waals surface area contributed by atoms with Crippen molar-refractivity contribution in [1.29, 1.82) is 0 Å². The van der Waals surface area contributed by atoms with Gasteiger partial charge in [-0.1, -0.05) is 12.1 Å². The number of methoxy groups -OCH3 is 1. The summed E-state index contributed by atoms with van der Waals surface area (Å²) in [5.41, 5.74) is 0.519. The second-order valence-electron chi connectivity index (χ2n) is 5.11. The molecule has 2 heterocycles. The SMILES string of the molecule is COc1ccccc1N1C(=O)C[C@H](N2CCOCC2)C1=O. The molecule has 2 saturated heterocycles. The molecule has 3 rings (SSSR count). The van der Waals surface area contributed by atoms with E-state index < -0.39 is 0 Å². The topological polar surface area (TPSA) is 59.1 Å². The van der Waals surface area contributed by atoms with E-state index in [1.165, 1.54) is 12.0 Å². The van der Waals surface area contributed by atoms with Crippen LogP contribution in [-0.2, 0) is 14.3 Å². The lowest BCUT2D eigenvalue weighted by Crippen LogP contribution is -2.47. The van der Waals surface area contributed by atoms with Crippen LogP contribution in [0, 0.1) is 0 Å². The molecule has 2 fully saturated rings. The average molecular weight is 290 g/mol. The van der Waals surface area contributed by atoms with Gasteiger partial charge in [-0.25, -0.2) is 4.90 Å². The van der Waals surface area contributed by atoms with E-state index in [1.807, 2.05) is 11.0 Å². The fourth-order valence-corrected chi connectivity index (χ4v) is 2.86. The number of para-hydroxylation sites is 2. The number of carbonyl (C=O) groups is 2. The van der Waals surface area contributed by atoms with E-state index in [-0.39, 0.29) is 24.3 Å². The number of benzene rings is 1. The Labute approximate surface area is 123 Å². The van der Waals surface area contributed by atoms with Gasteiger partial charge in [0.2, 0.25) is 5.91 Å². The van der Waals surface area contributed by atoms with Gasteiger partial charge in [0, 0.05) is 13.1 Å². The fourth-order valence-electron chi connectivity index (χ4n) is 2.86. The van der Waals surface area contributed by atoms with Crippen molar-refractivity contribution in [3.63, 3.8) is 0 Å². The Morgan fingerprint density at radius 2 is 1.90 bits per heavy atom. The summed E-state index contributed by atoms with van der Waals surface area (Å²) < 4.78 is 10.6. The number of anilines is 1. The molecule has 2 amide bonds. The highest BCUT2D eigenvalue weighted by Crippen LogP contribution is 2.33. The first-order valence-corrected chi connectivity index (χ1v) is 7.04. The van der Waals surface area contributed by atoms with Gasteiger partial charge in [-0.2, -0.15) is 0 Å². The quantitative estimate of drug-likeness (QED) is 0.765. The molecule has 0 bridgehead atoms. The predicted molar refractivity (Wildman–Crippen MR) is 76.3 cm³/mol. The van der Waals surface area contributed by atoms with Gasteiger partial charge in [0.1, 0.15) is 5.75 Å². The number of ether oxygens (including phenoxy) is 2. The molecule has 1 atom stereocenters. The minimum absolute atomic E-state index is 0.175. The highest BCUT2D eigenvalue weighted by molar-refractivity contribution is 6.23. The first-order chi connectivity index (χ1) is 10.2. The predicted octanol–water partition coefficient (Wildman–Crippen LogP) is 0.659. The minimum Gasteiger partial charge on any atom is -0.495 e. The van der Waals surface area contributed by atoms with Gasteiger partial charge < -0.3 is 9.47 Å². The van der Waals surface area contributed by atoms with Crippen molar-refractivity contribution in [1.82, 2.24) is 4.90 Å². The van der Waals surface area contributed by atoms with E-state index in [0.717, 1.165) is 0 Å². The molecule has 0 radical (unpaired) electrons. The Kier molecular flexibility index (Phi) is 3.90. The number of morpholine rings is 1. The van der Waals surface area contributed by atoms with Crippen molar-refractivity contribution >= 4 is 17.5 Å². The third-order valence-corrected chi connectivity index (χ3v) is 3.94. The first kappa shape index (κ1) is 14.0. The van der Waals surface area contributed by atoms with Crippen LogP contribution in [0.3, 0.4) is 0 Å². The van der Waals surface area contributed by atoms with Gasteiger partial charge in [0.25, 0.3) is 5.91 Å². The lowest BCUT2D eigenvalue weighted by atomic mass is 10.2. The van der Waals surface area contributed by atoms with E-state index in [9.17, 15) is 9.59 Å². The summed E-state index contributed by atoms with van der Waals surface area (Å²) in [7, 11) is 1.53. The van der Waals surface area contributed by atoms with Gasteiger partial charge >= 0.3 is 0 Å². The second kappa shape index (κ2) is 5.83. The Morgan fingerprint density at radius 3 is 2.62 bits per heavy atom. The average Bonchev–Trinajstić information content (AvgIpc) is 2.83. The molecule has 1 aromatic carbocycles. The summed E-state index contributed by atoms with van der Waals surface area (Å²) in [6.45, 7) is 2.58. The maximum absolute atomic E-state index is 12.7. The molecular formula is C15H18N2O4. The lowest BCUT2D eigenvalue weighted by molar-refractivity contribution is -0.123. The molecule has 0 N–H and O–H groups in total. The molecule has 6 nitrogen and oxygen atoms in total. The van der Waals surface area contributed by atoms with Crippen LogP contribution in [0.25, 0.3) is 0 Å². The van der Waals surface area contributed by atoms with Crippen LogP contribution in [0.5, 0.6) is 5.75 Å². The van der Waals surface area contributed by atoms with E-state index in [1.54, 1.807) is 18.2 Å². The first-order valence-electron chi connectivity index (χ1n) is 7.04. The molecular weight excluding hydrogens is 272 g/mol. The van der Waals surface area contributed by atoms with Crippen LogP contribution >= 0.6 is 0 Å². The van der Waals surface area contributed by atoms with Crippen LogP contribution in [0.2, 0.25) is 0 Å². The number of carbonyl (C=O) groups excluding carboxylic acids is 2. The number of amides is 2. The molecule has 6 heteroatoms. The zero-order chi connectivity index (χ0) is 14.8. The third-order valence-electron chi connectivity index (χ3n) is 3.94. The highest BCUT2D eigenvalue weighted by atomic mass is 16.5. The summed E-state index contributed by atoms with van der Waals surface area (Å²) >= 11 is 0. The Morgan fingerprint density at radius 1 is 1.19 bits per heavy atom. The number of rotatable bonds is 3. The molecule has 2 aliphatic rings. The minimum atomic E-state index is -0.383. The van der Waals surface area contributed by atoms with Crippen molar-refractivity contribution in [2.75, 3.05) is 38.3 Å². The second-order valence-corrected chi connectivity index (χ2v) is 5.11. The van der Waals surface area contributed by atoms with Crippen molar-refractivity contribution in [2.24, 2.45) is 0 Å². The normalized spacial score (nSPS) is 23.7. The number of hydrogen-bond acceptors (Lipinski definition) is 5. The molecule has 0 saturated carbocycles. The Bertz CT molecular complexity index is 554. The summed E-state index contributed by atoms with van der Waals surface area (Å²) in [4.78, 5) is 28.2. The number of hydrogen-bond donors (Lipinski definition) is 0. The van der Waals surface area contributed by atoms with Crippen LogP contribution in [-0.4, -0.2) is 56.2 Å². The van der Waals surface area contributed by atoms with Crippen LogP contribution < -0.4 is 9.64 Å². The van der Waals surface area contributed by atoms with Crippen molar-refractivity contribution in [2.45, 2.75) is 12.5 Å². The molecule has 21 heavy (non-hydrogen) atoms. The maximum Gasteiger partial charge on any atom is 0.251 e. The van der Waals surface area contributed by atoms with Gasteiger partial charge in [0.05, 0.1) is 38.5 Å². The highest BCUT2D eigenvalue weighted by Gasteiger charge is 2.43.